The van der Waals surface area contributed by atoms with Crippen molar-refractivity contribution in [3.8, 4) is 22.8 Å². The average molecular weight is 421 g/mol. The molecular weight excluding hydrogens is 394 g/mol. The molecule has 1 amide bonds. The molecule has 1 unspecified atom stereocenters. The summed E-state index contributed by atoms with van der Waals surface area (Å²) in [6, 6.07) is 17.5. The summed E-state index contributed by atoms with van der Waals surface area (Å²) < 4.78 is 11.9. The highest BCUT2D eigenvalue weighted by molar-refractivity contribution is 5.79. The van der Waals surface area contributed by atoms with Crippen LogP contribution in [-0.4, -0.2) is 35.9 Å². The quantitative estimate of drug-likeness (QED) is 0.574. The number of amides is 1. The number of rotatable bonds is 9. The van der Waals surface area contributed by atoms with Crippen LogP contribution in [0.15, 0.2) is 65.5 Å². The third-order valence-corrected chi connectivity index (χ3v) is 4.88. The van der Waals surface area contributed by atoms with Crippen LogP contribution in [0.2, 0.25) is 0 Å². The first-order valence-corrected chi connectivity index (χ1v) is 10.3. The maximum absolute atomic E-state index is 12.6. The molecule has 3 aromatic rings. The molecule has 0 spiro atoms. The first kappa shape index (κ1) is 22.1. The van der Waals surface area contributed by atoms with Gasteiger partial charge in [-0.3, -0.25) is 9.59 Å². The van der Waals surface area contributed by atoms with Crippen molar-refractivity contribution in [3.63, 3.8) is 0 Å². The highest BCUT2D eigenvalue weighted by Gasteiger charge is 2.17. The first-order valence-electron chi connectivity index (χ1n) is 10.3. The molecule has 0 fully saturated rings. The van der Waals surface area contributed by atoms with Gasteiger partial charge in [0.2, 0.25) is 5.91 Å². The Morgan fingerprint density at radius 2 is 1.87 bits per heavy atom. The van der Waals surface area contributed by atoms with E-state index in [4.69, 9.17) is 9.47 Å². The van der Waals surface area contributed by atoms with Gasteiger partial charge in [0.1, 0.15) is 17.5 Å². The van der Waals surface area contributed by atoms with Crippen LogP contribution >= 0.6 is 0 Å². The van der Waals surface area contributed by atoms with Crippen LogP contribution in [0.25, 0.3) is 11.3 Å². The van der Waals surface area contributed by atoms with Crippen molar-refractivity contribution in [2.24, 2.45) is 0 Å². The Labute approximate surface area is 181 Å². The van der Waals surface area contributed by atoms with Gasteiger partial charge in [-0.1, -0.05) is 12.1 Å². The van der Waals surface area contributed by atoms with Crippen molar-refractivity contribution in [2.75, 3.05) is 20.3 Å². The van der Waals surface area contributed by atoms with Crippen molar-refractivity contribution >= 4 is 5.91 Å². The minimum atomic E-state index is -0.736. The SMILES string of the molecule is CCOc1ccc(-c2ccc(=O)n(C(C)C(=O)NCCc3cccc(OC)c3)n2)cc1. The van der Waals surface area contributed by atoms with Crippen molar-refractivity contribution in [2.45, 2.75) is 26.3 Å². The topological polar surface area (TPSA) is 82.5 Å². The van der Waals surface area contributed by atoms with Crippen molar-refractivity contribution in [1.29, 1.82) is 0 Å². The van der Waals surface area contributed by atoms with Gasteiger partial charge in [0.15, 0.2) is 0 Å². The number of benzene rings is 2. The number of nitrogens with zero attached hydrogens (tertiary/aromatic N) is 2. The Bertz CT molecular complexity index is 1080. The highest BCUT2D eigenvalue weighted by Crippen LogP contribution is 2.20. The van der Waals surface area contributed by atoms with E-state index in [2.05, 4.69) is 10.4 Å². The first-order chi connectivity index (χ1) is 15.0. The lowest BCUT2D eigenvalue weighted by Crippen LogP contribution is -2.37. The zero-order valence-electron chi connectivity index (χ0n) is 18.0. The normalized spacial score (nSPS) is 11.6. The van der Waals surface area contributed by atoms with E-state index in [1.807, 2.05) is 55.5 Å². The third kappa shape index (κ3) is 5.72. The summed E-state index contributed by atoms with van der Waals surface area (Å²) in [4.78, 5) is 25.0. The lowest BCUT2D eigenvalue weighted by Gasteiger charge is -2.15. The lowest BCUT2D eigenvalue weighted by atomic mass is 10.1. The Morgan fingerprint density at radius 3 is 2.58 bits per heavy atom. The second-order valence-electron chi connectivity index (χ2n) is 7.03. The molecule has 0 saturated carbocycles. The molecule has 7 nitrogen and oxygen atoms in total. The Hall–Kier alpha value is -3.61. The monoisotopic (exact) mass is 421 g/mol. The van der Waals surface area contributed by atoms with E-state index in [1.165, 1.54) is 10.7 Å². The fourth-order valence-electron chi connectivity index (χ4n) is 3.16. The fraction of sp³-hybridized carbons (Fsp3) is 0.292. The van der Waals surface area contributed by atoms with Gasteiger partial charge in [0, 0.05) is 18.2 Å². The van der Waals surface area contributed by atoms with Crippen molar-refractivity contribution in [1.82, 2.24) is 15.1 Å². The molecule has 7 heteroatoms. The molecule has 2 aromatic carbocycles. The van der Waals surface area contributed by atoms with Crippen LogP contribution in [0.1, 0.15) is 25.5 Å². The molecule has 0 aliphatic heterocycles. The second kappa shape index (κ2) is 10.4. The van der Waals surface area contributed by atoms with Gasteiger partial charge in [-0.05, 0) is 68.3 Å². The molecule has 1 aromatic heterocycles. The molecule has 0 bridgehead atoms. The maximum atomic E-state index is 12.6. The van der Waals surface area contributed by atoms with E-state index in [1.54, 1.807) is 20.1 Å². The van der Waals surface area contributed by atoms with Crippen LogP contribution in [0.5, 0.6) is 11.5 Å². The molecular formula is C24H27N3O4. The van der Waals surface area contributed by atoms with Crippen molar-refractivity contribution < 1.29 is 14.3 Å². The van der Waals surface area contributed by atoms with Gasteiger partial charge in [0.05, 0.1) is 19.4 Å². The molecule has 0 saturated heterocycles. The van der Waals surface area contributed by atoms with Crippen LogP contribution < -0.4 is 20.3 Å². The maximum Gasteiger partial charge on any atom is 0.267 e. The number of ether oxygens (including phenoxy) is 2. The third-order valence-electron chi connectivity index (χ3n) is 4.88. The number of hydrogen-bond donors (Lipinski definition) is 1. The molecule has 0 aliphatic carbocycles. The number of carbonyl (C=O) groups excluding carboxylic acids is 1. The smallest absolute Gasteiger partial charge is 0.267 e. The van der Waals surface area contributed by atoms with E-state index < -0.39 is 6.04 Å². The predicted octanol–water partition coefficient (Wildman–Crippen LogP) is 3.24. The van der Waals surface area contributed by atoms with Gasteiger partial charge < -0.3 is 14.8 Å². The molecule has 0 aliphatic rings. The zero-order valence-corrected chi connectivity index (χ0v) is 18.0. The molecule has 3 rings (SSSR count). The summed E-state index contributed by atoms with van der Waals surface area (Å²) in [7, 11) is 1.62. The summed E-state index contributed by atoms with van der Waals surface area (Å²) in [5, 5.41) is 7.29. The summed E-state index contributed by atoms with van der Waals surface area (Å²) >= 11 is 0. The zero-order chi connectivity index (χ0) is 22.2. The van der Waals surface area contributed by atoms with E-state index in [0.29, 0.717) is 25.3 Å². The Kier molecular flexibility index (Phi) is 7.43. The van der Waals surface area contributed by atoms with Gasteiger partial charge >= 0.3 is 0 Å². The summed E-state index contributed by atoms with van der Waals surface area (Å²) in [6.07, 6.45) is 0.657. The number of nitrogens with one attached hydrogen (secondary N) is 1. The van der Waals surface area contributed by atoms with Gasteiger partial charge in [-0.15, -0.1) is 0 Å². The molecule has 0 radical (unpaired) electrons. The van der Waals surface area contributed by atoms with E-state index >= 15 is 0 Å². The van der Waals surface area contributed by atoms with Gasteiger partial charge in [0.25, 0.3) is 5.56 Å². The molecule has 1 atom stereocenters. The summed E-state index contributed by atoms with van der Waals surface area (Å²) in [6.45, 7) is 4.63. The molecule has 1 heterocycles. The molecule has 31 heavy (non-hydrogen) atoms. The van der Waals surface area contributed by atoms with Gasteiger partial charge in [-0.2, -0.15) is 5.10 Å². The second-order valence-corrected chi connectivity index (χ2v) is 7.03. The molecule has 1 N–H and O–H groups in total. The number of hydrogen-bond acceptors (Lipinski definition) is 5. The van der Waals surface area contributed by atoms with Crippen LogP contribution in [0, 0.1) is 0 Å². The van der Waals surface area contributed by atoms with E-state index in [-0.39, 0.29) is 11.5 Å². The lowest BCUT2D eigenvalue weighted by molar-refractivity contribution is -0.124. The number of methoxy groups -OCH3 is 1. The van der Waals surface area contributed by atoms with Crippen LogP contribution in [0.4, 0.5) is 0 Å². The van der Waals surface area contributed by atoms with E-state index in [0.717, 1.165) is 22.6 Å². The van der Waals surface area contributed by atoms with Crippen molar-refractivity contribution in [3.05, 3.63) is 76.6 Å². The Morgan fingerprint density at radius 1 is 1.10 bits per heavy atom. The summed E-state index contributed by atoms with van der Waals surface area (Å²) in [5.41, 5.74) is 2.17. The molecule has 162 valence electrons. The van der Waals surface area contributed by atoms with Crippen LogP contribution in [0.3, 0.4) is 0 Å². The number of carbonyl (C=O) groups is 1. The standard InChI is InChI=1S/C24H27N3O4/c1-4-31-20-10-8-19(9-11-20)22-12-13-23(28)27(26-22)17(2)24(29)25-15-14-18-6-5-7-21(16-18)30-3/h5-13,16-17H,4,14-15H2,1-3H3,(H,25,29). The van der Waals surface area contributed by atoms with Gasteiger partial charge in [-0.25, -0.2) is 4.68 Å². The van der Waals surface area contributed by atoms with E-state index in [9.17, 15) is 9.59 Å². The highest BCUT2D eigenvalue weighted by atomic mass is 16.5. The largest absolute Gasteiger partial charge is 0.497 e. The average Bonchev–Trinajstić information content (AvgIpc) is 2.80. The predicted molar refractivity (Wildman–Crippen MR) is 120 cm³/mol. The van der Waals surface area contributed by atoms with Crippen LogP contribution in [-0.2, 0) is 11.2 Å². The summed E-state index contributed by atoms with van der Waals surface area (Å²) in [5.74, 6) is 1.28. The Balaban J connectivity index is 1.67. The number of aromatic nitrogens is 2. The fourth-order valence-corrected chi connectivity index (χ4v) is 3.16. The minimum absolute atomic E-state index is 0.263. The minimum Gasteiger partial charge on any atom is -0.497 e.